The van der Waals surface area contributed by atoms with Gasteiger partial charge in [-0.2, -0.15) is 0 Å². The van der Waals surface area contributed by atoms with Gasteiger partial charge in [-0.05, 0) is 74.8 Å². The molecule has 13 nitrogen and oxygen atoms in total. The highest BCUT2D eigenvalue weighted by Crippen LogP contribution is 2.35. The van der Waals surface area contributed by atoms with Gasteiger partial charge in [-0.1, -0.05) is 60.7 Å². The van der Waals surface area contributed by atoms with E-state index in [4.69, 9.17) is 9.47 Å². The van der Waals surface area contributed by atoms with Crippen LogP contribution in [0.15, 0.2) is 98.1 Å². The van der Waals surface area contributed by atoms with Crippen molar-refractivity contribution in [3.05, 3.63) is 109 Å². The lowest BCUT2D eigenvalue weighted by atomic mass is 9.85. The number of esters is 2. The average Bonchev–Trinajstić information content (AvgIpc) is 3.92. The number of rotatable bonds is 10. The summed E-state index contributed by atoms with van der Waals surface area (Å²) in [6.07, 6.45) is 13.8. The van der Waals surface area contributed by atoms with Crippen LogP contribution < -0.4 is 0 Å². The molecule has 13 heteroatoms. The lowest BCUT2D eigenvalue weighted by molar-refractivity contribution is -0.170. The highest BCUT2D eigenvalue weighted by Gasteiger charge is 2.48. The van der Waals surface area contributed by atoms with E-state index in [2.05, 4.69) is 19.8 Å². The molecule has 0 aliphatic carbocycles. The van der Waals surface area contributed by atoms with E-state index in [9.17, 15) is 19.8 Å². The molecule has 2 aromatic heterocycles. The predicted molar refractivity (Wildman–Crippen MR) is 187 cm³/mol. The van der Waals surface area contributed by atoms with Crippen LogP contribution in [0.4, 0.5) is 0 Å². The number of carbonyl (C=O) groups is 2. The molecule has 51 heavy (non-hydrogen) atoms. The fourth-order valence-corrected chi connectivity index (χ4v) is 8.18. The van der Waals surface area contributed by atoms with Gasteiger partial charge in [0.1, 0.15) is 12.2 Å². The van der Waals surface area contributed by atoms with Crippen LogP contribution in [-0.2, 0) is 30.1 Å². The number of hydrogen-bond acceptors (Lipinski definition) is 10. The molecule has 8 heterocycles. The number of benzene rings is 2. The first-order valence-corrected chi connectivity index (χ1v) is 17.6. The van der Waals surface area contributed by atoms with E-state index in [0.29, 0.717) is 23.0 Å². The van der Waals surface area contributed by atoms with Crippen LogP contribution >= 0.6 is 0 Å². The van der Waals surface area contributed by atoms with Gasteiger partial charge in [0, 0.05) is 37.9 Å². The van der Waals surface area contributed by atoms with Crippen molar-refractivity contribution in [2.45, 2.75) is 49.0 Å². The number of aliphatic hydroxyl groups excluding tert-OH is 2. The maximum atomic E-state index is 13.3. The van der Waals surface area contributed by atoms with E-state index in [1.165, 1.54) is 0 Å². The molecule has 0 amide bonds. The molecular formula is C38H48N6O7. The summed E-state index contributed by atoms with van der Waals surface area (Å²) in [5.74, 6) is 0.00343. The first-order valence-electron chi connectivity index (χ1n) is 17.6. The van der Waals surface area contributed by atoms with Crippen LogP contribution in [0.3, 0.4) is 0 Å². The molecule has 6 fully saturated rings. The van der Waals surface area contributed by atoms with Gasteiger partial charge < -0.3 is 34.3 Å². The van der Waals surface area contributed by atoms with E-state index < -0.39 is 23.0 Å². The SMILES string of the molecule is O.O=C(OC1CN2CCC1CC2)C(CO)(c1ccccc1)n1ccnc1.O=C(OC1CN2CCC1CC2)C(CO)(c1ccccc1)n1ccnc1. The summed E-state index contributed by atoms with van der Waals surface area (Å²) in [5.41, 5.74) is -1.21. The molecule has 0 spiro atoms. The largest absolute Gasteiger partial charge is 0.459 e. The molecule has 10 rings (SSSR count). The molecule has 6 saturated heterocycles. The first kappa shape index (κ1) is 36.4. The number of imidazole rings is 2. The van der Waals surface area contributed by atoms with Crippen LogP contribution in [0.25, 0.3) is 0 Å². The van der Waals surface area contributed by atoms with Crippen LogP contribution in [0.2, 0.25) is 0 Å². The number of aromatic nitrogens is 4. The van der Waals surface area contributed by atoms with Crippen molar-refractivity contribution in [1.82, 2.24) is 28.9 Å². The fraction of sp³-hybridized carbons (Fsp3) is 0.474. The van der Waals surface area contributed by atoms with Crippen LogP contribution in [-0.4, -0.2) is 121 Å². The molecule has 2 aromatic carbocycles. The summed E-state index contributed by atoms with van der Waals surface area (Å²) in [4.78, 5) is 39.4. The Morgan fingerprint density at radius 1 is 0.647 bits per heavy atom. The lowest BCUT2D eigenvalue weighted by Gasteiger charge is -2.45. The Labute approximate surface area is 297 Å². The molecule has 4 N–H and O–H groups in total. The predicted octanol–water partition coefficient (Wildman–Crippen LogP) is 1.69. The zero-order valence-electron chi connectivity index (χ0n) is 28.7. The Morgan fingerprint density at radius 2 is 1.02 bits per heavy atom. The number of fused-ring (bicyclic) bond motifs is 6. The number of carbonyl (C=O) groups excluding carboxylic acids is 2. The zero-order chi connectivity index (χ0) is 34.6. The van der Waals surface area contributed by atoms with Gasteiger partial charge >= 0.3 is 11.9 Å². The van der Waals surface area contributed by atoms with E-state index in [0.717, 1.165) is 65.0 Å². The minimum Gasteiger partial charge on any atom is -0.459 e. The Kier molecular flexibility index (Phi) is 11.3. The van der Waals surface area contributed by atoms with Crippen molar-refractivity contribution in [2.75, 3.05) is 52.5 Å². The third-order valence-electron chi connectivity index (χ3n) is 11.2. The molecule has 0 radical (unpaired) electrons. The third-order valence-corrected chi connectivity index (χ3v) is 11.2. The molecule has 6 aliphatic rings. The Balaban J connectivity index is 0.000000172. The smallest absolute Gasteiger partial charge is 0.339 e. The van der Waals surface area contributed by atoms with E-state index in [-0.39, 0.29) is 30.9 Å². The van der Waals surface area contributed by atoms with Gasteiger partial charge in [0.25, 0.3) is 0 Å². The molecule has 4 unspecified atom stereocenters. The van der Waals surface area contributed by atoms with Gasteiger partial charge in [-0.25, -0.2) is 19.6 Å². The summed E-state index contributed by atoms with van der Waals surface area (Å²) in [7, 11) is 0. The fourth-order valence-electron chi connectivity index (χ4n) is 8.18. The van der Waals surface area contributed by atoms with Gasteiger partial charge in [-0.3, -0.25) is 9.80 Å². The van der Waals surface area contributed by atoms with Crippen molar-refractivity contribution in [3.8, 4) is 0 Å². The van der Waals surface area contributed by atoms with Crippen LogP contribution in [0.1, 0.15) is 36.8 Å². The van der Waals surface area contributed by atoms with Gasteiger partial charge in [0.15, 0.2) is 11.1 Å². The molecule has 272 valence electrons. The van der Waals surface area contributed by atoms with Crippen molar-refractivity contribution in [1.29, 1.82) is 0 Å². The summed E-state index contributed by atoms with van der Waals surface area (Å²) < 4.78 is 15.2. The highest BCUT2D eigenvalue weighted by molar-refractivity contribution is 5.84. The maximum Gasteiger partial charge on any atom is 0.339 e. The summed E-state index contributed by atoms with van der Waals surface area (Å²) in [6.45, 7) is 5.16. The lowest BCUT2D eigenvalue weighted by Crippen LogP contribution is -2.55. The summed E-state index contributed by atoms with van der Waals surface area (Å²) in [5, 5.41) is 20.5. The number of aliphatic hydroxyl groups is 2. The number of ether oxygens (including phenoxy) is 2. The maximum absolute atomic E-state index is 13.3. The Bertz CT molecular complexity index is 1550. The van der Waals surface area contributed by atoms with Crippen molar-refractivity contribution in [3.63, 3.8) is 0 Å². The van der Waals surface area contributed by atoms with E-state index >= 15 is 0 Å². The highest BCUT2D eigenvalue weighted by atomic mass is 16.6. The van der Waals surface area contributed by atoms with Gasteiger partial charge in [0.05, 0.1) is 25.9 Å². The zero-order valence-corrected chi connectivity index (χ0v) is 28.7. The van der Waals surface area contributed by atoms with Crippen LogP contribution in [0, 0.1) is 11.8 Å². The summed E-state index contributed by atoms with van der Waals surface area (Å²) in [6, 6.07) is 18.6. The minimum atomic E-state index is -1.30. The van der Waals surface area contributed by atoms with Crippen molar-refractivity contribution >= 4 is 11.9 Å². The molecule has 6 aliphatic heterocycles. The average molecular weight is 701 g/mol. The van der Waals surface area contributed by atoms with Gasteiger partial charge in [0.2, 0.25) is 0 Å². The quantitative estimate of drug-likeness (QED) is 0.233. The summed E-state index contributed by atoms with van der Waals surface area (Å²) >= 11 is 0. The van der Waals surface area contributed by atoms with E-state index in [1.54, 1.807) is 46.6 Å². The minimum absolute atomic E-state index is 0. The molecule has 0 saturated carbocycles. The van der Waals surface area contributed by atoms with Crippen molar-refractivity contribution in [2.24, 2.45) is 11.8 Å². The third kappa shape index (κ3) is 6.96. The first-order chi connectivity index (χ1) is 24.5. The molecular weight excluding hydrogens is 652 g/mol. The normalized spacial score (nSPS) is 27.1. The molecule has 4 bridgehead atoms. The second-order valence-electron chi connectivity index (χ2n) is 13.9. The second kappa shape index (κ2) is 15.9. The van der Waals surface area contributed by atoms with Crippen molar-refractivity contribution < 1.29 is 34.8 Å². The second-order valence-corrected chi connectivity index (χ2v) is 13.9. The van der Waals surface area contributed by atoms with Crippen LogP contribution in [0.5, 0.6) is 0 Å². The molecule has 4 aromatic rings. The van der Waals surface area contributed by atoms with Gasteiger partial charge in [-0.15, -0.1) is 0 Å². The monoisotopic (exact) mass is 700 g/mol. The number of hydrogen-bond donors (Lipinski definition) is 2. The topological polar surface area (TPSA) is 167 Å². The Hall–Kier alpha value is -4.40. The Morgan fingerprint density at radius 3 is 1.29 bits per heavy atom. The van der Waals surface area contributed by atoms with E-state index in [1.807, 2.05) is 60.7 Å². The standard InChI is InChI=1S/2C19H23N3O3.H2O/c2*23-13-19(22-11-8-20-14-22,16-4-2-1-3-5-16)18(24)25-17-12-21-9-6-15(17)7-10-21;/h2*1-5,8,11,14-15,17,23H,6-7,9-10,12-13H2;1H2. The number of nitrogens with zero attached hydrogens (tertiary/aromatic N) is 6. The number of piperidine rings is 6. The molecule has 4 atom stereocenters.